The first-order valence-corrected chi connectivity index (χ1v) is 7.95. The van der Waals surface area contributed by atoms with E-state index < -0.39 is 17.6 Å². The first-order chi connectivity index (χ1) is 11.3. The van der Waals surface area contributed by atoms with Gasteiger partial charge < -0.3 is 5.32 Å². The minimum absolute atomic E-state index is 0.200. The molecule has 2 rings (SSSR count). The number of alkyl halides is 3. The van der Waals surface area contributed by atoms with Crippen LogP contribution in [0.25, 0.3) is 0 Å². The Balaban J connectivity index is 1.89. The number of thiophene rings is 1. The highest BCUT2D eigenvalue weighted by molar-refractivity contribution is 7.18. The van der Waals surface area contributed by atoms with E-state index >= 15 is 0 Å². The van der Waals surface area contributed by atoms with Crippen molar-refractivity contribution in [1.29, 1.82) is 0 Å². The molecule has 0 aliphatic heterocycles. The van der Waals surface area contributed by atoms with E-state index in [2.05, 4.69) is 15.8 Å². The number of carbonyl (C=O) groups is 1. The molecule has 0 saturated heterocycles. The molecule has 1 heterocycles. The van der Waals surface area contributed by atoms with E-state index in [1.165, 1.54) is 23.5 Å². The van der Waals surface area contributed by atoms with Crippen LogP contribution in [0.4, 0.5) is 18.9 Å². The average Bonchev–Trinajstić information content (AvgIpc) is 2.96. The molecule has 0 spiro atoms. The third-order valence-corrected chi connectivity index (χ3v) is 4.26. The maximum Gasteiger partial charge on any atom is 0.416 e. The largest absolute Gasteiger partial charge is 0.416 e. The zero-order valence-corrected chi connectivity index (χ0v) is 14.0. The van der Waals surface area contributed by atoms with Crippen molar-refractivity contribution in [3.05, 3.63) is 51.2 Å². The maximum absolute atomic E-state index is 12.6. The van der Waals surface area contributed by atoms with Crippen molar-refractivity contribution in [1.82, 2.24) is 5.43 Å². The standard InChI is InChI=1S/C15H13ClF3N3OS/c1-9(12-5-6-13(16)24-12)21-22-14(23)8-20-11-4-2-3-10(7-11)15(17,18)19/h2-7,20H,8H2,1H3,(H,22,23). The molecule has 0 fully saturated rings. The van der Waals surface area contributed by atoms with Gasteiger partial charge in [-0.15, -0.1) is 11.3 Å². The predicted molar refractivity (Wildman–Crippen MR) is 89.6 cm³/mol. The molecule has 0 atom stereocenters. The third kappa shape index (κ3) is 5.24. The second kappa shape index (κ2) is 7.67. The summed E-state index contributed by atoms with van der Waals surface area (Å²) in [6, 6.07) is 8.12. The van der Waals surface area contributed by atoms with E-state index in [0.717, 1.165) is 17.0 Å². The average molecular weight is 376 g/mol. The number of benzene rings is 1. The Hall–Kier alpha value is -2.06. The molecule has 1 aromatic carbocycles. The summed E-state index contributed by atoms with van der Waals surface area (Å²) in [5, 5.41) is 6.55. The first kappa shape index (κ1) is 18.3. The molecule has 0 bridgehead atoms. The Kier molecular flexibility index (Phi) is 5.84. The van der Waals surface area contributed by atoms with Gasteiger partial charge in [-0.25, -0.2) is 5.43 Å². The molecule has 9 heteroatoms. The molecule has 2 N–H and O–H groups in total. The second-order valence-electron chi connectivity index (χ2n) is 4.77. The summed E-state index contributed by atoms with van der Waals surface area (Å²) < 4.78 is 38.4. The smallest absolute Gasteiger partial charge is 0.376 e. The predicted octanol–water partition coefficient (Wildman–Crippen LogP) is 4.37. The fourth-order valence-corrected chi connectivity index (χ4v) is 2.73. The monoisotopic (exact) mass is 375 g/mol. The highest BCUT2D eigenvalue weighted by atomic mass is 35.5. The van der Waals surface area contributed by atoms with E-state index in [4.69, 9.17) is 11.6 Å². The molecule has 1 aromatic heterocycles. The maximum atomic E-state index is 12.6. The van der Waals surface area contributed by atoms with Crippen molar-refractivity contribution in [3.63, 3.8) is 0 Å². The summed E-state index contributed by atoms with van der Waals surface area (Å²) in [5.41, 5.74) is 2.33. The van der Waals surface area contributed by atoms with Crippen molar-refractivity contribution in [2.45, 2.75) is 13.1 Å². The Morgan fingerprint density at radius 3 is 2.67 bits per heavy atom. The van der Waals surface area contributed by atoms with E-state index in [1.807, 2.05) is 0 Å². The molecule has 1 amide bonds. The number of carbonyl (C=O) groups excluding carboxylic acids is 1. The second-order valence-corrected chi connectivity index (χ2v) is 6.48. The van der Waals surface area contributed by atoms with Crippen molar-refractivity contribution in [2.24, 2.45) is 5.10 Å². The normalized spacial score (nSPS) is 12.1. The van der Waals surface area contributed by atoms with Crippen LogP contribution in [0.3, 0.4) is 0 Å². The van der Waals surface area contributed by atoms with Crippen LogP contribution in [-0.2, 0) is 11.0 Å². The fourth-order valence-electron chi connectivity index (χ4n) is 1.74. The highest BCUT2D eigenvalue weighted by Crippen LogP contribution is 2.30. The quantitative estimate of drug-likeness (QED) is 0.602. The van der Waals surface area contributed by atoms with Crippen LogP contribution < -0.4 is 10.7 Å². The Morgan fingerprint density at radius 2 is 2.04 bits per heavy atom. The number of amides is 1. The lowest BCUT2D eigenvalue weighted by Crippen LogP contribution is -2.26. The summed E-state index contributed by atoms with van der Waals surface area (Å²) in [6.07, 6.45) is -4.43. The van der Waals surface area contributed by atoms with E-state index in [9.17, 15) is 18.0 Å². The van der Waals surface area contributed by atoms with Crippen LogP contribution in [0.2, 0.25) is 4.34 Å². The summed E-state index contributed by atoms with van der Waals surface area (Å²) in [7, 11) is 0. The zero-order chi connectivity index (χ0) is 17.7. The van der Waals surface area contributed by atoms with Gasteiger partial charge in [0.2, 0.25) is 0 Å². The Labute approximate surface area is 145 Å². The molecule has 128 valence electrons. The molecule has 0 saturated carbocycles. The van der Waals surface area contributed by atoms with Gasteiger partial charge in [-0.1, -0.05) is 17.7 Å². The van der Waals surface area contributed by atoms with Crippen molar-refractivity contribution in [3.8, 4) is 0 Å². The fraction of sp³-hybridized carbons (Fsp3) is 0.200. The van der Waals surface area contributed by atoms with Gasteiger partial charge in [-0.2, -0.15) is 18.3 Å². The molecular weight excluding hydrogens is 363 g/mol. The molecule has 0 radical (unpaired) electrons. The van der Waals surface area contributed by atoms with Gasteiger partial charge >= 0.3 is 6.18 Å². The Morgan fingerprint density at radius 1 is 1.29 bits per heavy atom. The van der Waals surface area contributed by atoms with Crippen molar-refractivity contribution >= 4 is 40.2 Å². The lowest BCUT2D eigenvalue weighted by Gasteiger charge is -2.10. The number of anilines is 1. The Bertz CT molecular complexity index is 758. The van der Waals surface area contributed by atoms with Crippen LogP contribution in [0, 0.1) is 0 Å². The molecule has 2 aromatic rings. The van der Waals surface area contributed by atoms with Crippen molar-refractivity contribution in [2.75, 3.05) is 11.9 Å². The van der Waals surface area contributed by atoms with Gasteiger partial charge in [0, 0.05) is 5.69 Å². The first-order valence-electron chi connectivity index (χ1n) is 6.75. The van der Waals surface area contributed by atoms with Gasteiger partial charge in [0.05, 0.1) is 27.0 Å². The molecule has 0 aliphatic carbocycles. The summed E-state index contributed by atoms with van der Waals surface area (Å²) in [5.74, 6) is -0.477. The molecular formula is C15H13ClF3N3OS. The molecule has 24 heavy (non-hydrogen) atoms. The third-order valence-electron chi connectivity index (χ3n) is 2.92. The number of hydrogen-bond donors (Lipinski definition) is 2. The van der Waals surface area contributed by atoms with Gasteiger partial charge in [0.15, 0.2) is 0 Å². The topological polar surface area (TPSA) is 53.5 Å². The lowest BCUT2D eigenvalue weighted by molar-refractivity contribution is -0.137. The van der Waals surface area contributed by atoms with E-state index in [1.54, 1.807) is 19.1 Å². The number of halogens is 4. The van der Waals surface area contributed by atoms with E-state index in [0.29, 0.717) is 10.0 Å². The van der Waals surface area contributed by atoms with Gasteiger partial charge in [-0.3, -0.25) is 4.79 Å². The van der Waals surface area contributed by atoms with Crippen LogP contribution >= 0.6 is 22.9 Å². The number of hydrogen-bond acceptors (Lipinski definition) is 4. The number of hydrazone groups is 1. The molecule has 4 nitrogen and oxygen atoms in total. The van der Waals surface area contributed by atoms with Crippen LogP contribution in [0.1, 0.15) is 17.4 Å². The summed E-state index contributed by atoms with van der Waals surface area (Å²) in [6.45, 7) is 1.51. The van der Waals surface area contributed by atoms with E-state index in [-0.39, 0.29) is 12.2 Å². The highest BCUT2D eigenvalue weighted by Gasteiger charge is 2.30. The molecule has 0 unspecified atom stereocenters. The minimum Gasteiger partial charge on any atom is -0.376 e. The SMILES string of the molecule is CC(=NNC(=O)CNc1cccc(C(F)(F)F)c1)c1ccc(Cl)s1. The number of nitrogens with one attached hydrogen (secondary N) is 2. The van der Waals surface area contributed by atoms with Gasteiger partial charge in [0.25, 0.3) is 5.91 Å². The lowest BCUT2D eigenvalue weighted by atomic mass is 10.2. The molecule has 0 aliphatic rings. The van der Waals surface area contributed by atoms with Gasteiger partial charge in [-0.05, 0) is 37.3 Å². The summed E-state index contributed by atoms with van der Waals surface area (Å²) >= 11 is 7.14. The van der Waals surface area contributed by atoms with Gasteiger partial charge in [0.1, 0.15) is 0 Å². The number of rotatable bonds is 5. The van der Waals surface area contributed by atoms with Crippen molar-refractivity contribution < 1.29 is 18.0 Å². The summed E-state index contributed by atoms with van der Waals surface area (Å²) in [4.78, 5) is 12.5. The minimum atomic E-state index is -4.43. The number of nitrogens with zero attached hydrogens (tertiary/aromatic N) is 1. The van der Waals surface area contributed by atoms with Crippen LogP contribution in [0.15, 0.2) is 41.5 Å². The van der Waals surface area contributed by atoms with Crippen LogP contribution in [0.5, 0.6) is 0 Å². The van der Waals surface area contributed by atoms with Crippen LogP contribution in [-0.4, -0.2) is 18.2 Å². The zero-order valence-electron chi connectivity index (χ0n) is 12.4.